The van der Waals surface area contributed by atoms with Crippen molar-refractivity contribution in [3.63, 3.8) is 0 Å². The van der Waals surface area contributed by atoms with Crippen LogP contribution in [0.4, 0.5) is 0 Å². The highest BCUT2D eigenvalue weighted by atomic mass is 35.5. The van der Waals surface area contributed by atoms with Crippen LogP contribution in [0, 0.1) is 0 Å². The van der Waals surface area contributed by atoms with Crippen LogP contribution in [0.1, 0.15) is 11.3 Å². The zero-order chi connectivity index (χ0) is 22.3. The topological polar surface area (TPSA) is 91.7 Å². The van der Waals surface area contributed by atoms with Crippen LogP contribution in [0.3, 0.4) is 0 Å². The van der Waals surface area contributed by atoms with Gasteiger partial charge >= 0.3 is 0 Å². The minimum Gasteiger partial charge on any atom is -0.272 e. The molecular formula is C21H18Cl2N4O3S. The van der Waals surface area contributed by atoms with Crippen molar-refractivity contribution in [3.8, 4) is 0 Å². The summed E-state index contributed by atoms with van der Waals surface area (Å²) in [7, 11) is -3.98. The number of aromatic nitrogens is 1. The first kappa shape index (κ1) is 22.9. The fourth-order valence-corrected chi connectivity index (χ4v) is 4.49. The van der Waals surface area contributed by atoms with Crippen LogP contribution < -0.4 is 5.43 Å². The number of rotatable bonds is 8. The lowest BCUT2D eigenvalue weighted by Crippen LogP contribution is -2.39. The molecule has 3 rings (SSSR count). The molecule has 0 aliphatic rings. The van der Waals surface area contributed by atoms with Gasteiger partial charge in [0.05, 0.1) is 23.3 Å². The Morgan fingerprint density at radius 3 is 2.48 bits per heavy atom. The molecule has 0 bridgehead atoms. The number of halogens is 2. The summed E-state index contributed by atoms with van der Waals surface area (Å²) < 4.78 is 27.4. The molecule has 1 N–H and O–H groups in total. The van der Waals surface area contributed by atoms with E-state index < -0.39 is 22.5 Å². The van der Waals surface area contributed by atoms with Crippen molar-refractivity contribution in [2.24, 2.45) is 5.10 Å². The van der Waals surface area contributed by atoms with Crippen LogP contribution in [-0.4, -0.2) is 36.4 Å². The van der Waals surface area contributed by atoms with E-state index in [4.69, 9.17) is 23.2 Å². The highest BCUT2D eigenvalue weighted by Gasteiger charge is 2.27. The van der Waals surface area contributed by atoms with E-state index in [1.54, 1.807) is 54.7 Å². The Labute approximate surface area is 190 Å². The average Bonchev–Trinajstić information content (AvgIpc) is 2.76. The fraction of sp³-hybridized carbons (Fsp3) is 0.0952. The number of nitrogens with zero attached hydrogens (tertiary/aromatic N) is 3. The number of amides is 1. The quantitative estimate of drug-likeness (QED) is 0.396. The van der Waals surface area contributed by atoms with E-state index in [1.807, 2.05) is 0 Å². The van der Waals surface area contributed by atoms with Crippen LogP contribution in [0.5, 0.6) is 0 Å². The third kappa shape index (κ3) is 6.35. The van der Waals surface area contributed by atoms with Crippen molar-refractivity contribution < 1.29 is 13.2 Å². The van der Waals surface area contributed by atoms with Crippen molar-refractivity contribution >= 4 is 45.3 Å². The summed E-state index contributed by atoms with van der Waals surface area (Å²) in [5.74, 6) is -0.614. The van der Waals surface area contributed by atoms with Gasteiger partial charge in [-0.1, -0.05) is 53.5 Å². The molecule has 0 fully saturated rings. The Hall–Kier alpha value is -2.78. The molecule has 1 heterocycles. The summed E-state index contributed by atoms with van der Waals surface area (Å²) >= 11 is 12.2. The third-order valence-corrected chi connectivity index (χ3v) is 6.53. The van der Waals surface area contributed by atoms with Crippen molar-refractivity contribution in [2.75, 3.05) is 6.54 Å². The van der Waals surface area contributed by atoms with Gasteiger partial charge in [-0.05, 0) is 42.0 Å². The number of carbonyl (C=O) groups is 1. The summed E-state index contributed by atoms with van der Waals surface area (Å²) in [5, 5.41) is 4.56. The number of carbonyl (C=O) groups excluding carboxylic acids is 1. The van der Waals surface area contributed by atoms with Gasteiger partial charge in [0, 0.05) is 22.8 Å². The summed E-state index contributed by atoms with van der Waals surface area (Å²) in [4.78, 5) is 16.6. The number of hydrogen-bond acceptors (Lipinski definition) is 5. The smallest absolute Gasteiger partial charge is 0.255 e. The molecule has 31 heavy (non-hydrogen) atoms. The van der Waals surface area contributed by atoms with Gasteiger partial charge < -0.3 is 0 Å². The summed E-state index contributed by atoms with van der Waals surface area (Å²) in [6.45, 7) is -0.583. The van der Waals surface area contributed by atoms with Gasteiger partial charge in [-0.25, -0.2) is 13.8 Å². The highest BCUT2D eigenvalue weighted by Crippen LogP contribution is 2.25. The van der Waals surface area contributed by atoms with E-state index in [9.17, 15) is 13.2 Å². The van der Waals surface area contributed by atoms with Gasteiger partial charge in [-0.15, -0.1) is 0 Å². The standard InChI is InChI=1S/C21H18Cl2N4O3S/c22-17-10-9-16(20(23)12-17)14-27(31(29,30)19-7-2-1-3-8-19)15-21(28)26-25-13-18-6-4-5-11-24-18/h1-13H,14-15H2,(H,26,28)/b25-13-. The molecule has 1 amide bonds. The minimum absolute atomic E-state index is 0.0601. The molecule has 0 atom stereocenters. The van der Waals surface area contributed by atoms with Crippen molar-refractivity contribution in [2.45, 2.75) is 11.4 Å². The number of nitrogens with one attached hydrogen (secondary N) is 1. The molecule has 0 radical (unpaired) electrons. The van der Waals surface area contributed by atoms with E-state index >= 15 is 0 Å². The molecule has 0 spiro atoms. The van der Waals surface area contributed by atoms with Gasteiger partial charge in [0.2, 0.25) is 10.0 Å². The summed E-state index contributed by atoms with van der Waals surface area (Å²) in [5.41, 5.74) is 3.38. The van der Waals surface area contributed by atoms with E-state index in [-0.39, 0.29) is 11.4 Å². The minimum atomic E-state index is -3.98. The normalized spacial score (nSPS) is 11.7. The monoisotopic (exact) mass is 476 g/mol. The van der Waals surface area contributed by atoms with Gasteiger partial charge in [-0.2, -0.15) is 9.41 Å². The van der Waals surface area contributed by atoms with E-state index in [1.165, 1.54) is 24.4 Å². The predicted molar refractivity (Wildman–Crippen MR) is 120 cm³/mol. The van der Waals surface area contributed by atoms with Crippen LogP contribution in [0.25, 0.3) is 0 Å². The third-order valence-electron chi connectivity index (χ3n) is 4.14. The lowest BCUT2D eigenvalue weighted by Gasteiger charge is -2.22. The number of pyridine rings is 1. The van der Waals surface area contributed by atoms with Crippen LogP contribution in [-0.2, 0) is 21.4 Å². The molecule has 0 saturated carbocycles. The first-order valence-corrected chi connectivity index (χ1v) is 11.3. The van der Waals surface area contributed by atoms with Gasteiger partial charge in [0.1, 0.15) is 0 Å². The maximum absolute atomic E-state index is 13.2. The van der Waals surface area contributed by atoms with Crippen molar-refractivity contribution in [1.29, 1.82) is 0 Å². The fourth-order valence-electron chi connectivity index (χ4n) is 2.63. The largest absolute Gasteiger partial charge is 0.272 e. The van der Waals surface area contributed by atoms with Gasteiger partial charge in [0.15, 0.2) is 0 Å². The second-order valence-electron chi connectivity index (χ2n) is 6.37. The Morgan fingerprint density at radius 1 is 1.06 bits per heavy atom. The zero-order valence-corrected chi connectivity index (χ0v) is 18.5. The second-order valence-corrected chi connectivity index (χ2v) is 9.15. The second kappa shape index (κ2) is 10.5. The van der Waals surface area contributed by atoms with E-state index in [0.29, 0.717) is 21.3 Å². The maximum atomic E-state index is 13.2. The summed E-state index contributed by atoms with van der Waals surface area (Å²) in [6.07, 6.45) is 2.96. The Balaban J connectivity index is 1.81. The average molecular weight is 477 g/mol. The molecule has 3 aromatic rings. The highest BCUT2D eigenvalue weighted by molar-refractivity contribution is 7.89. The lowest BCUT2D eigenvalue weighted by atomic mass is 10.2. The Kier molecular flexibility index (Phi) is 7.75. The molecule has 2 aromatic carbocycles. The van der Waals surface area contributed by atoms with Crippen molar-refractivity contribution in [1.82, 2.24) is 14.7 Å². The number of sulfonamides is 1. The predicted octanol–water partition coefficient (Wildman–Crippen LogP) is 3.73. The molecule has 0 unspecified atom stereocenters. The van der Waals surface area contributed by atoms with Crippen LogP contribution in [0.2, 0.25) is 10.0 Å². The number of hydrogen-bond donors (Lipinski definition) is 1. The molecule has 160 valence electrons. The van der Waals surface area contributed by atoms with Gasteiger partial charge in [-0.3, -0.25) is 9.78 Å². The Bertz CT molecular complexity index is 1170. The maximum Gasteiger partial charge on any atom is 0.255 e. The van der Waals surface area contributed by atoms with E-state index in [2.05, 4.69) is 15.5 Å². The molecule has 0 aliphatic carbocycles. The summed E-state index contributed by atoms with van der Waals surface area (Å²) in [6, 6.07) is 17.8. The number of hydrazone groups is 1. The van der Waals surface area contributed by atoms with Crippen LogP contribution >= 0.6 is 23.2 Å². The molecule has 1 aromatic heterocycles. The first-order chi connectivity index (χ1) is 14.9. The molecule has 7 nitrogen and oxygen atoms in total. The SMILES string of the molecule is O=C(CN(Cc1ccc(Cl)cc1Cl)S(=O)(=O)c1ccccc1)N/N=C\c1ccccn1. The zero-order valence-electron chi connectivity index (χ0n) is 16.2. The van der Waals surface area contributed by atoms with Gasteiger partial charge in [0.25, 0.3) is 5.91 Å². The van der Waals surface area contributed by atoms with E-state index in [0.717, 1.165) is 4.31 Å². The number of benzene rings is 2. The molecule has 0 aliphatic heterocycles. The van der Waals surface area contributed by atoms with Crippen LogP contribution in [0.15, 0.2) is 82.9 Å². The molecular weight excluding hydrogens is 459 g/mol. The van der Waals surface area contributed by atoms with Crippen molar-refractivity contribution in [3.05, 3.63) is 94.2 Å². The molecule has 10 heteroatoms. The molecule has 0 saturated heterocycles. The first-order valence-electron chi connectivity index (χ1n) is 9.08. The lowest BCUT2D eigenvalue weighted by molar-refractivity contribution is -0.121. The Morgan fingerprint density at radius 2 is 1.81 bits per heavy atom.